The Kier molecular flexibility index (Phi) is 5.29. The summed E-state index contributed by atoms with van der Waals surface area (Å²) in [6.07, 6.45) is 0. The van der Waals surface area contributed by atoms with Crippen molar-refractivity contribution in [1.29, 1.82) is 0 Å². The van der Waals surface area contributed by atoms with Gasteiger partial charge in [0.1, 0.15) is 0 Å². The summed E-state index contributed by atoms with van der Waals surface area (Å²) in [6, 6.07) is 14.6. The largest absolute Gasteiger partial charge is 0.369 e. The highest BCUT2D eigenvalue weighted by Gasteiger charge is 2.28. The van der Waals surface area contributed by atoms with Crippen LogP contribution in [0.15, 0.2) is 53.4 Å². The molecule has 0 radical (unpaired) electrons. The number of anilines is 2. The molecule has 1 N–H and O–H groups in total. The molecule has 1 saturated heterocycles. The highest BCUT2D eigenvalue weighted by Crippen LogP contribution is 2.23. The van der Waals surface area contributed by atoms with Crippen LogP contribution < -0.4 is 10.2 Å². The number of rotatable bonds is 4. The van der Waals surface area contributed by atoms with Gasteiger partial charge in [-0.05, 0) is 37.3 Å². The summed E-state index contributed by atoms with van der Waals surface area (Å²) in [5.41, 5.74) is 2.75. The average molecular weight is 373 g/mol. The topological polar surface area (TPSA) is 69.7 Å². The Morgan fingerprint density at radius 2 is 1.65 bits per heavy atom. The van der Waals surface area contributed by atoms with Crippen LogP contribution in [0.4, 0.5) is 11.4 Å². The van der Waals surface area contributed by atoms with Gasteiger partial charge in [-0.2, -0.15) is 4.31 Å². The fourth-order valence-electron chi connectivity index (χ4n) is 3.03. The van der Waals surface area contributed by atoms with Crippen LogP contribution in [0.25, 0.3) is 0 Å². The Hall–Kier alpha value is -2.38. The van der Waals surface area contributed by atoms with E-state index in [1.165, 1.54) is 11.2 Å². The Bertz CT molecular complexity index is 887. The molecular weight excluding hydrogens is 350 g/mol. The minimum Gasteiger partial charge on any atom is -0.369 e. The lowest BCUT2D eigenvalue weighted by atomic mass is 10.2. The minimum atomic E-state index is -3.46. The number of hydrogen-bond donors (Lipinski definition) is 1. The standard InChI is InChI=1S/C19H23N3O3S/c1-15-6-8-19(9-7-15)26(24,25)22-12-10-21(11-13-22)18-5-3-4-17(14-18)20-16(2)23/h3-9,14H,10-13H2,1-2H3,(H,20,23). The zero-order valence-electron chi connectivity index (χ0n) is 15.0. The lowest BCUT2D eigenvalue weighted by Gasteiger charge is -2.35. The van der Waals surface area contributed by atoms with Crippen LogP contribution in [-0.2, 0) is 14.8 Å². The van der Waals surface area contributed by atoms with Gasteiger partial charge in [-0.1, -0.05) is 23.8 Å². The Morgan fingerprint density at radius 3 is 2.27 bits per heavy atom. The number of carbonyl (C=O) groups excluding carboxylic acids is 1. The first-order valence-electron chi connectivity index (χ1n) is 8.56. The van der Waals surface area contributed by atoms with E-state index in [0.717, 1.165) is 16.9 Å². The van der Waals surface area contributed by atoms with Crippen molar-refractivity contribution in [2.45, 2.75) is 18.7 Å². The van der Waals surface area contributed by atoms with Gasteiger partial charge in [-0.15, -0.1) is 0 Å². The van der Waals surface area contributed by atoms with E-state index in [0.29, 0.717) is 31.1 Å². The van der Waals surface area contributed by atoms with Gasteiger partial charge in [0.25, 0.3) is 0 Å². The first kappa shape index (κ1) is 18.4. The van der Waals surface area contributed by atoms with Gasteiger partial charge in [0.2, 0.25) is 15.9 Å². The van der Waals surface area contributed by atoms with Crippen LogP contribution in [0.3, 0.4) is 0 Å². The molecule has 1 fully saturated rings. The van der Waals surface area contributed by atoms with Crippen LogP contribution in [0.2, 0.25) is 0 Å². The summed E-state index contributed by atoms with van der Waals surface area (Å²) in [4.78, 5) is 13.7. The van der Waals surface area contributed by atoms with Crippen molar-refractivity contribution in [3.8, 4) is 0 Å². The van der Waals surface area contributed by atoms with E-state index >= 15 is 0 Å². The molecule has 1 heterocycles. The van der Waals surface area contributed by atoms with Gasteiger partial charge >= 0.3 is 0 Å². The van der Waals surface area contributed by atoms with E-state index in [-0.39, 0.29) is 5.91 Å². The molecule has 6 nitrogen and oxygen atoms in total. The van der Waals surface area contributed by atoms with E-state index in [1.807, 2.05) is 43.3 Å². The number of nitrogens with one attached hydrogen (secondary N) is 1. The van der Waals surface area contributed by atoms with Gasteiger partial charge in [0.05, 0.1) is 4.90 Å². The second-order valence-electron chi connectivity index (χ2n) is 6.44. The third-order valence-electron chi connectivity index (χ3n) is 4.43. The van der Waals surface area contributed by atoms with Crippen molar-refractivity contribution >= 4 is 27.3 Å². The number of nitrogens with zero attached hydrogens (tertiary/aromatic N) is 2. The molecule has 7 heteroatoms. The second-order valence-corrected chi connectivity index (χ2v) is 8.37. The SMILES string of the molecule is CC(=O)Nc1cccc(N2CCN(S(=O)(=O)c3ccc(C)cc3)CC2)c1. The first-order chi connectivity index (χ1) is 12.4. The Balaban J connectivity index is 1.69. The van der Waals surface area contributed by atoms with Gasteiger partial charge in [-0.3, -0.25) is 4.79 Å². The van der Waals surface area contributed by atoms with Crippen molar-refractivity contribution in [3.63, 3.8) is 0 Å². The number of sulfonamides is 1. The van der Waals surface area contributed by atoms with Crippen molar-refractivity contribution in [1.82, 2.24) is 4.31 Å². The van der Waals surface area contributed by atoms with E-state index < -0.39 is 10.0 Å². The number of amides is 1. The Labute approximate surface area is 154 Å². The summed E-state index contributed by atoms with van der Waals surface area (Å²) < 4.78 is 27.1. The third kappa shape index (κ3) is 4.05. The lowest BCUT2D eigenvalue weighted by molar-refractivity contribution is -0.114. The molecule has 3 rings (SSSR count). The molecule has 1 aliphatic rings. The molecule has 138 valence electrons. The molecule has 0 bridgehead atoms. The maximum absolute atomic E-state index is 12.8. The van der Waals surface area contributed by atoms with Crippen molar-refractivity contribution in [2.24, 2.45) is 0 Å². The monoisotopic (exact) mass is 373 g/mol. The molecule has 0 aromatic heterocycles. The first-order valence-corrected chi connectivity index (χ1v) is 10.00. The molecule has 0 aliphatic carbocycles. The average Bonchev–Trinajstić information content (AvgIpc) is 2.62. The van der Waals surface area contributed by atoms with E-state index in [4.69, 9.17) is 0 Å². The van der Waals surface area contributed by atoms with Gasteiger partial charge in [0.15, 0.2) is 0 Å². The summed E-state index contributed by atoms with van der Waals surface area (Å²) >= 11 is 0. The molecule has 0 unspecified atom stereocenters. The maximum atomic E-state index is 12.8. The molecule has 26 heavy (non-hydrogen) atoms. The normalized spacial score (nSPS) is 15.7. The van der Waals surface area contributed by atoms with Gasteiger partial charge < -0.3 is 10.2 Å². The molecule has 0 spiro atoms. The summed E-state index contributed by atoms with van der Waals surface area (Å²) in [6.45, 7) is 5.48. The molecule has 2 aromatic carbocycles. The van der Waals surface area contributed by atoms with Crippen LogP contribution >= 0.6 is 0 Å². The van der Waals surface area contributed by atoms with Crippen LogP contribution in [0.5, 0.6) is 0 Å². The molecule has 2 aromatic rings. The zero-order chi connectivity index (χ0) is 18.7. The van der Waals surface area contributed by atoms with E-state index in [2.05, 4.69) is 10.2 Å². The van der Waals surface area contributed by atoms with Crippen molar-refractivity contribution < 1.29 is 13.2 Å². The van der Waals surface area contributed by atoms with Crippen LogP contribution in [-0.4, -0.2) is 44.8 Å². The lowest BCUT2D eigenvalue weighted by Crippen LogP contribution is -2.48. The quantitative estimate of drug-likeness (QED) is 0.894. The molecule has 1 amide bonds. The van der Waals surface area contributed by atoms with E-state index in [1.54, 1.807) is 12.1 Å². The third-order valence-corrected chi connectivity index (χ3v) is 6.34. The van der Waals surface area contributed by atoms with Crippen molar-refractivity contribution in [2.75, 3.05) is 36.4 Å². The number of aryl methyl sites for hydroxylation is 1. The highest BCUT2D eigenvalue weighted by molar-refractivity contribution is 7.89. The molecular formula is C19H23N3O3S. The summed E-state index contributed by atoms with van der Waals surface area (Å²) in [5, 5.41) is 2.77. The minimum absolute atomic E-state index is 0.115. The fraction of sp³-hybridized carbons (Fsp3) is 0.316. The van der Waals surface area contributed by atoms with Gasteiger partial charge in [0, 0.05) is 44.5 Å². The number of piperazine rings is 1. The van der Waals surface area contributed by atoms with E-state index in [9.17, 15) is 13.2 Å². The summed E-state index contributed by atoms with van der Waals surface area (Å²) in [7, 11) is -3.46. The predicted molar refractivity (Wildman–Crippen MR) is 103 cm³/mol. The predicted octanol–water partition coefficient (Wildman–Crippen LogP) is 2.46. The number of benzene rings is 2. The van der Waals surface area contributed by atoms with Crippen molar-refractivity contribution in [3.05, 3.63) is 54.1 Å². The zero-order valence-corrected chi connectivity index (χ0v) is 15.8. The second kappa shape index (κ2) is 7.47. The highest BCUT2D eigenvalue weighted by atomic mass is 32.2. The number of carbonyl (C=O) groups is 1. The molecule has 0 atom stereocenters. The Morgan fingerprint density at radius 1 is 1.00 bits per heavy atom. The number of hydrogen-bond acceptors (Lipinski definition) is 4. The smallest absolute Gasteiger partial charge is 0.243 e. The summed E-state index contributed by atoms with van der Waals surface area (Å²) in [5.74, 6) is -0.115. The molecule has 1 aliphatic heterocycles. The van der Waals surface area contributed by atoms with Gasteiger partial charge in [-0.25, -0.2) is 8.42 Å². The molecule has 0 saturated carbocycles. The maximum Gasteiger partial charge on any atom is 0.243 e. The van der Waals surface area contributed by atoms with Crippen LogP contribution in [0.1, 0.15) is 12.5 Å². The fourth-order valence-corrected chi connectivity index (χ4v) is 4.45. The van der Waals surface area contributed by atoms with Crippen LogP contribution in [0, 0.1) is 6.92 Å².